The maximum absolute atomic E-state index is 13.5. The SMILES string of the molecule is CCC(C)(C)C1CCc2c(sc3c2C(=O)NC(c2c4ccccc4cc4ccccc24)N3)C1. The molecule has 2 atom stereocenters. The van der Waals surface area contributed by atoms with Gasteiger partial charge in [0.25, 0.3) is 5.91 Å². The summed E-state index contributed by atoms with van der Waals surface area (Å²) in [7, 11) is 0. The minimum absolute atomic E-state index is 0.0662. The van der Waals surface area contributed by atoms with Crippen LogP contribution in [0.25, 0.3) is 21.5 Å². The van der Waals surface area contributed by atoms with Crippen LogP contribution < -0.4 is 10.6 Å². The van der Waals surface area contributed by atoms with Crippen LogP contribution in [0.4, 0.5) is 5.00 Å². The number of carbonyl (C=O) groups is 1. The standard InChI is InChI=1S/C29H30N2OS/c1-4-29(2,3)19-13-14-22-23(16-19)33-28-25(22)27(32)30-26(31-28)24-20-11-7-5-9-17(20)15-18-10-6-8-12-21(18)24/h5-12,15,19,26,31H,4,13-14,16H2,1-3H3,(H,30,32). The first-order valence-corrected chi connectivity index (χ1v) is 12.9. The molecular formula is C29H30N2OS. The van der Waals surface area contributed by atoms with E-state index in [9.17, 15) is 4.79 Å². The highest BCUT2D eigenvalue weighted by molar-refractivity contribution is 7.16. The lowest BCUT2D eigenvalue weighted by atomic mass is 9.69. The molecule has 2 N–H and O–H groups in total. The van der Waals surface area contributed by atoms with Crippen molar-refractivity contribution < 1.29 is 4.79 Å². The predicted molar refractivity (Wildman–Crippen MR) is 139 cm³/mol. The lowest BCUT2D eigenvalue weighted by Crippen LogP contribution is -2.38. The van der Waals surface area contributed by atoms with Crippen molar-refractivity contribution in [2.75, 3.05) is 5.32 Å². The normalized spacial score (nSPS) is 20.3. The van der Waals surface area contributed by atoms with E-state index in [4.69, 9.17) is 0 Å². The molecule has 1 aromatic heterocycles. The molecule has 168 valence electrons. The van der Waals surface area contributed by atoms with Gasteiger partial charge in [-0.3, -0.25) is 4.79 Å². The summed E-state index contributed by atoms with van der Waals surface area (Å²) in [4.78, 5) is 14.9. The Bertz CT molecular complexity index is 1350. The summed E-state index contributed by atoms with van der Waals surface area (Å²) in [5.41, 5.74) is 3.66. The largest absolute Gasteiger partial charge is 0.353 e. The van der Waals surface area contributed by atoms with E-state index in [1.807, 2.05) is 11.3 Å². The minimum atomic E-state index is -0.246. The maximum Gasteiger partial charge on any atom is 0.256 e. The number of fused-ring (bicyclic) bond motifs is 5. The van der Waals surface area contributed by atoms with Crippen LogP contribution in [0.1, 0.15) is 66.1 Å². The highest BCUT2D eigenvalue weighted by atomic mass is 32.1. The number of nitrogens with one attached hydrogen (secondary N) is 2. The number of anilines is 1. The Kier molecular flexibility index (Phi) is 4.77. The number of rotatable bonds is 3. The average Bonchev–Trinajstić information content (AvgIpc) is 3.20. The van der Waals surface area contributed by atoms with E-state index in [2.05, 4.69) is 86.0 Å². The summed E-state index contributed by atoms with van der Waals surface area (Å²) in [6, 6.07) is 19.2. The molecule has 4 heteroatoms. The number of hydrogen-bond donors (Lipinski definition) is 2. The van der Waals surface area contributed by atoms with Crippen molar-refractivity contribution in [1.29, 1.82) is 0 Å². The van der Waals surface area contributed by atoms with Crippen LogP contribution >= 0.6 is 11.3 Å². The van der Waals surface area contributed by atoms with Crippen molar-refractivity contribution in [3.63, 3.8) is 0 Å². The molecule has 0 saturated heterocycles. The zero-order valence-electron chi connectivity index (χ0n) is 19.5. The number of hydrogen-bond acceptors (Lipinski definition) is 3. The van der Waals surface area contributed by atoms with Gasteiger partial charge in [-0.25, -0.2) is 0 Å². The van der Waals surface area contributed by atoms with Crippen LogP contribution in [0.5, 0.6) is 0 Å². The van der Waals surface area contributed by atoms with Crippen molar-refractivity contribution >= 4 is 43.8 Å². The third-order valence-corrected chi connectivity index (χ3v) is 9.35. The summed E-state index contributed by atoms with van der Waals surface area (Å²) in [6.45, 7) is 7.08. The molecule has 0 spiro atoms. The summed E-state index contributed by atoms with van der Waals surface area (Å²) in [6.07, 6.45) is 4.20. The van der Waals surface area contributed by atoms with Crippen molar-refractivity contribution in [3.8, 4) is 0 Å². The van der Waals surface area contributed by atoms with Crippen LogP contribution in [-0.2, 0) is 12.8 Å². The molecule has 3 nitrogen and oxygen atoms in total. The molecule has 0 fully saturated rings. The minimum Gasteiger partial charge on any atom is -0.353 e. The Labute approximate surface area is 199 Å². The van der Waals surface area contributed by atoms with E-state index in [0.717, 1.165) is 29.0 Å². The summed E-state index contributed by atoms with van der Waals surface area (Å²) in [5.74, 6) is 0.743. The number of carbonyl (C=O) groups excluding carboxylic acids is 1. The molecule has 2 unspecified atom stereocenters. The lowest BCUT2D eigenvalue weighted by molar-refractivity contribution is 0.0935. The Morgan fingerprint density at radius 2 is 1.67 bits per heavy atom. The molecule has 33 heavy (non-hydrogen) atoms. The first-order valence-electron chi connectivity index (χ1n) is 12.1. The molecule has 0 radical (unpaired) electrons. The molecule has 1 aliphatic heterocycles. The molecule has 4 aromatic rings. The predicted octanol–water partition coefficient (Wildman–Crippen LogP) is 7.45. The Morgan fingerprint density at radius 1 is 1.00 bits per heavy atom. The Balaban J connectivity index is 1.44. The topological polar surface area (TPSA) is 41.1 Å². The second-order valence-corrected chi connectivity index (χ2v) is 11.4. The van der Waals surface area contributed by atoms with Gasteiger partial charge < -0.3 is 10.6 Å². The zero-order chi connectivity index (χ0) is 22.7. The molecule has 2 aliphatic rings. The molecular weight excluding hydrogens is 424 g/mol. The first-order chi connectivity index (χ1) is 16.0. The van der Waals surface area contributed by atoms with Gasteiger partial charge in [-0.05, 0) is 63.8 Å². The highest BCUT2D eigenvalue weighted by Crippen LogP contribution is 2.47. The van der Waals surface area contributed by atoms with Crippen molar-refractivity contribution in [2.24, 2.45) is 11.3 Å². The van der Waals surface area contributed by atoms with Crippen molar-refractivity contribution in [2.45, 2.75) is 52.6 Å². The van der Waals surface area contributed by atoms with Crippen LogP contribution in [0, 0.1) is 11.3 Å². The Morgan fingerprint density at radius 3 is 2.33 bits per heavy atom. The Hall–Kier alpha value is -2.85. The quantitative estimate of drug-likeness (QED) is 0.316. The third kappa shape index (κ3) is 3.26. The summed E-state index contributed by atoms with van der Waals surface area (Å²) in [5, 5.41) is 12.9. The molecule has 6 rings (SSSR count). The van der Waals surface area contributed by atoms with Gasteiger partial charge in [0.05, 0.1) is 5.56 Å². The molecule has 2 heterocycles. The first kappa shape index (κ1) is 20.7. The fourth-order valence-electron chi connectivity index (χ4n) is 5.76. The molecule has 0 saturated carbocycles. The van der Waals surface area contributed by atoms with Crippen molar-refractivity contribution in [1.82, 2.24) is 5.32 Å². The zero-order valence-corrected chi connectivity index (χ0v) is 20.3. The van der Waals surface area contributed by atoms with E-state index in [-0.39, 0.29) is 12.1 Å². The fraction of sp³-hybridized carbons (Fsp3) is 0.345. The fourth-order valence-corrected chi connectivity index (χ4v) is 7.11. The molecule has 3 aromatic carbocycles. The van der Waals surface area contributed by atoms with Gasteiger partial charge >= 0.3 is 0 Å². The van der Waals surface area contributed by atoms with Gasteiger partial charge in [-0.15, -0.1) is 11.3 Å². The second kappa shape index (κ2) is 7.59. The average molecular weight is 455 g/mol. The van der Waals surface area contributed by atoms with Gasteiger partial charge in [-0.1, -0.05) is 75.7 Å². The van der Waals surface area contributed by atoms with Gasteiger partial charge in [0.15, 0.2) is 0 Å². The van der Waals surface area contributed by atoms with E-state index < -0.39 is 0 Å². The van der Waals surface area contributed by atoms with E-state index in [1.165, 1.54) is 44.8 Å². The summed E-state index contributed by atoms with van der Waals surface area (Å²) >= 11 is 1.81. The highest BCUT2D eigenvalue weighted by Gasteiger charge is 2.37. The molecule has 0 bridgehead atoms. The second-order valence-electron chi connectivity index (χ2n) is 10.3. The molecule has 1 amide bonds. The van der Waals surface area contributed by atoms with Gasteiger partial charge in [0.1, 0.15) is 11.2 Å². The smallest absolute Gasteiger partial charge is 0.256 e. The maximum atomic E-state index is 13.5. The third-order valence-electron chi connectivity index (χ3n) is 8.16. The van der Waals surface area contributed by atoms with E-state index >= 15 is 0 Å². The monoisotopic (exact) mass is 454 g/mol. The molecule has 1 aliphatic carbocycles. The van der Waals surface area contributed by atoms with Gasteiger partial charge in [0, 0.05) is 10.4 Å². The van der Waals surface area contributed by atoms with Crippen LogP contribution in [0.3, 0.4) is 0 Å². The number of thiophene rings is 1. The summed E-state index contributed by atoms with van der Waals surface area (Å²) < 4.78 is 0. The van der Waals surface area contributed by atoms with Crippen LogP contribution in [-0.4, -0.2) is 5.91 Å². The lowest BCUT2D eigenvalue weighted by Gasteiger charge is -2.36. The number of benzene rings is 3. The van der Waals surface area contributed by atoms with Crippen LogP contribution in [0.2, 0.25) is 0 Å². The van der Waals surface area contributed by atoms with Gasteiger partial charge in [0.2, 0.25) is 0 Å². The van der Waals surface area contributed by atoms with Crippen LogP contribution in [0.15, 0.2) is 54.6 Å². The van der Waals surface area contributed by atoms with Gasteiger partial charge in [-0.2, -0.15) is 0 Å². The van der Waals surface area contributed by atoms with E-state index in [0.29, 0.717) is 11.3 Å². The number of amides is 1. The van der Waals surface area contributed by atoms with Crippen molar-refractivity contribution in [3.05, 3.63) is 76.2 Å². The van der Waals surface area contributed by atoms with E-state index in [1.54, 1.807) is 0 Å².